The summed E-state index contributed by atoms with van der Waals surface area (Å²) in [6.07, 6.45) is 1.37. The molecule has 0 bridgehead atoms. The van der Waals surface area contributed by atoms with Gasteiger partial charge in [-0.2, -0.15) is 0 Å². The van der Waals surface area contributed by atoms with Crippen molar-refractivity contribution in [2.75, 3.05) is 0 Å². The summed E-state index contributed by atoms with van der Waals surface area (Å²) in [5, 5.41) is 8.90. The average Bonchev–Trinajstić information content (AvgIpc) is 1.94. The minimum atomic E-state index is -0.952. The van der Waals surface area contributed by atoms with Gasteiger partial charge in [0.25, 0.3) is 0 Å². The third kappa shape index (κ3) is 2.28. The van der Waals surface area contributed by atoms with Crippen LogP contribution in [0, 0.1) is 0 Å². The molecule has 0 saturated carbocycles. The molecular weight excluding hydrogens is 302 g/mol. The summed E-state index contributed by atoms with van der Waals surface area (Å²) in [5.74, 6) is -0.952. The van der Waals surface area contributed by atoms with Crippen LogP contribution in [0.5, 0.6) is 0 Å². The van der Waals surface area contributed by atoms with E-state index in [1.165, 1.54) is 6.08 Å². The highest BCUT2D eigenvalue weighted by molar-refractivity contribution is 14.2. The van der Waals surface area contributed by atoms with E-state index in [1.807, 2.05) is 0 Å². The lowest BCUT2D eigenvalue weighted by Gasteiger charge is -2.01. The van der Waals surface area contributed by atoms with Crippen LogP contribution in [0.25, 0.3) is 0 Å². The van der Waals surface area contributed by atoms with E-state index < -0.39 is 26.7 Å². The second-order valence-electron chi connectivity index (χ2n) is 1.73. The summed E-state index contributed by atoms with van der Waals surface area (Å²) in [6, 6.07) is 0. The lowest BCUT2D eigenvalue weighted by molar-refractivity contribution is -0.132. The molecule has 1 aliphatic rings. The zero-order valence-electron chi connectivity index (χ0n) is 5.14. The number of hydrogen-bond donors (Lipinski definition) is 1. The molecule has 0 amide bonds. The molecule has 0 atom stereocenters. The Kier molecular flexibility index (Phi) is 3.09. The average molecular weight is 305 g/mol. The second-order valence-corrected chi connectivity index (χ2v) is 5.48. The molecule has 1 rings (SSSR count). The first-order valence-corrected chi connectivity index (χ1v) is 5.66. The van der Waals surface area contributed by atoms with Gasteiger partial charge in [-0.25, -0.2) is 4.79 Å². The van der Waals surface area contributed by atoms with Crippen LogP contribution in [0.1, 0.15) is 0 Å². The fourth-order valence-electron chi connectivity index (χ4n) is 0.490. The molecule has 0 aromatic heterocycles. The summed E-state index contributed by atoms with van der Waals surface area (Å²) in [5.41, 5.74) is 0.243. The molecular formula is C6H3Cl2IO2. The van der Waals surface area contributed by atoms with Gasteiger partial charge in [0.15, 0.2) is 0 Å². The van der Waals surface area contributed by atoms with Crippen molar-refractivity contribution in [1.82, 2.24) is 0 Å². The maximum Gasteiger partial charge on any atom is 0.336 e. The minimum absolute atomic E-state index is 0.243. The monoisotopic (exact) mass is 304 g/mol. The predicted molar refractivity (Wildman–Crippen MR) is 54.5 cm³/mol. The lowest BCUT2D eigenvalue weighted by atomic mass is 10.3. The SMILES string of the molecule is O=C(O)C1=CI=C(Cl)C(Cl)=C1. The van der Waals surface area contributed by atoms with Crippen LogP contribution in [0.3, 0.4) is 0 Å². The molecule has 0 radical (unpaired) electrons. The molecule has 0 aliphatic carbocycles. The van der Waals surface area contributed by atoms with E-state index >= 15 is 0 Å². The van der Waals surface area contributed by atoms with Crippen molar-refractivity contribution in [3.63, 3.8) is 0 Å². The van der Waals surface area contributed by atoms with Crippen molar-refractivity contribution in [1.29, 1.82) is 0 Å². The summed E-state index contributed by atoms with van der Waals surface area (Å²) in [4.78, 5) is 10.4. The molecule has 0 saturated heterocycles. The molecule has 0 aromatic carbocycles. The molecule has 1 N–H and O–H groups in total. The molecule has 1 aliphatic heterocycles. The molecule has 0 fully saturated rings. The number of hydrogen-bond acceptors (Lipinski definition) is 1. The third-order valence-corrected chi connectivity index (χ3v) is 4.56. The molecule has 2 nitrogen and oxygen atoms in total. The number of aliphatic carboxylic acids is 1. The Morgan fingerprint density at radius 3 is 2.64 bits per heavy atom. The number of allylic oxidation sites excluding steroid dienone is 1. The largest absolute Gasteiger partial charge is 0.478 e. The van der Waals surface area contributed by atoms with Crippen LogP contribution in [-0.2, 0) is 4.79 Å². The predicted octanol–water partition coefficient (Wildman–Crippen LogP) is 2.43. The van der Waals surface area contributed by atoms with Crippen molar-refractivity contribution in [3.8, 4) is 0 Å². The van der Waals surface area contributed by atoms with Gasteiger partial charge >= 0.3 is 5.97 Å². The van der Waals surface area contributed by atoms with Crippen molar-refractivity contribution in [3.05, 3.63) is 20.8 Å². The molecule has 0 aromatic rings. The first kappa shape index (κ1) is 9.22. The van der Waals surface area contributed by atoms with Crippen LogP contribution in [0.2, 0.25) is 0 Å². The van der Waals surface area contributed by atoms with Crippen molar-refractivity contribution >= 4 is 52.9 Å². The zero-order chi connectivity index (χ0) is 8.43. The van der Waals surface area contributed by atoms with E-state index in [-0.39, 0.29) is 5.57 Å². The van der Waals surface area contributed by atoms with Gasteiger partial charge < -0.3 is 5.11 Å². The van der Waals surface area contributed by atoms with Gasteiger partial charge in [0, 0.05) is 0 Å². The van der Waals surface area contributed by atoms with E-state index in [4.69, 9.17) is 28.3 Å². The zero-order valence-corrected chi connectivity index (χ0v) is 8.81. The molecule has 0 spiro atoms. The smallest absolute Gasteiger partial charge is 0.336 e. The van der Waals surface area contributed by atoms with Crippen LogP contribution in [-0.4, -0.2) is 14.0 Å². The van der Waals surface area contributed by atoms with Crippen LogP contribution in [0.4, 0.5) is 0 Å². The first-order valence-electron chi connectivity index (χ1n) is 2.58. The molecule has 1 heterocycles. The van der Waals surface area contributed by atoms with E-state index in [1.54, 1.807) is 4.08 Å². The highest BCUT2D eigenvalue weighted by atomic mass is 127. The van der Waals surface area contributed by atoms with Crippen LogP contribution in [0.15, 0.2) is 20.8 Å². The normalized spacial score (nSPS) is 17.5. The minimum Gasteiger partial charge on any atom is -0.478 e. The van der Waals surface area contributed by atoms with E-state index in [0.29, 0.717) is 8.00 Å². The Morgan fingerprint density at radius 2 is 2.18 bits per heavy atom. The Hall–Kier alpha value is 0.130. The van der Waals surface area contributed by atoms with Crippen molar-refractivity contribution in [2.24, 2.45) is 0 Å². The number of carboxylic acids is 1. The fourth-order valence-corrected chi connectivity index (χ4v) is 2.72. The van der Waals surface area contributed by atoms with Gasteiger partial charge in [0.1, 0.15) is 0 Å². The Balaban J connectivity index is 3.01. The Labute approximate surface area is 83.2 Å². The summed E-state index contributed by atoms with van der Waals surface area (Å²) in [6.45, 7) is 0. The maximum absolute atomic E-state index is 10.4. The number of carboxylic acid groups (broad SMARTS) is 1. The third-order valence-electron chi connectivity index (χ3n) is 0.978. The van der Waals surface area contributed by atoms with Crippen molar-refractivity contribution in [2.45, 2.75) is 0 Å². The van der Waals surface area contributed by atoms with Gasteiger partial charge in [-0.1, -0.05) is 43.9 Å². The van der Waals surface area contributed by atoms with E-state index in [2.05, 4.69) is 0 Å². The Morgan fingerprint density at radius 1 is 1.55 bits per heavy atom. The first-order chi connectivity index (χ1) is 5.11. The van der Waals surface area contributed by atoms with Gasteiger partial charge in [0.05, 0.1) is 13.6 Å². The van der Waals surface area contributed by atoms with Gasteiger partial charge in [-0.05, 0) is 10.2 Å². The topological polar surface area (TPSA) is 37.3 Å². The summed E-state index contributed by atoms with van der Waals surface area (Å²) < 4.78 is 2.23. The highest BCUT2D eigenvalue weighted by Gasteiger charge is 2.10. The fraction of sp³-hybridized carbons (Fsp3) is 0. The van der Waals surface area contributed by atoms with Gasteiger partial charge in [0.2, 0.25) is 0 Å². The molecule has 11 heavy (non-hydrogen) atoms. The molecule has 5 heteroatoms. The van der Waals surface area contributed by atoms with E-state index in [9.17, 15) is 4.79 Å². The maximum atomic E-state index is 10.4. The van der Waals surface area contributed by atoms with Crippen LogP contribution < -0.4 is 0 Å². The van der Waals surface area contributed by atoms with Crippen LogP contribution >= 0.6 is 43.9 Å². The molecule has 60 valence electrons. The van der Waals surface area contributed by atoms with E-state index in [0.717, 1.165) is 0 Å². The molecule has 0 unspecified atom stereocenters. The summed E-state index contributed by atoms with van der Waals surface area (Å²) in [7, 11) is 0. The standard InChI is InChI=1S/C6H3Cl2IO2/c7-4-1-3(6(10)11)2-9-5(4)8/h1-2H,(H,10,11). The quantitative estimate of drug-likeness (QED) is 0.756. The number of halogens is 3. The van der Waals surface area contributed by atoms with Crippen molar-refractivity contribution < 1.29 is 9.90 Å². The lowest BCUT2D eigenvalue weighted by Crippen LogP contribution is -2.00. The number of carbonyl (C=O) groups is 1. The Bertz CT molecular complexity index is 288. The second kappa shape index (κ2) is 3.69. The summed E-state index contributed by atoms with van der Waals surface area (Å²) >= 11 is 10.8. The van der Waals surface area contributed by atoms with Gasteiger partial charge in [-0.3, -0.25) is 0 Å². The van der Waals surface area contributed by atoms with Gasteiger partial charge in [-0.15, -0.1) is 0 Å². The number of rotatable bonds is 1. The highest BCUT2D eigenvalue weighted by Crippen LogP contribution is 2.25.